The second-order valence-corrected chi connectivity index (χ2v) is 6.15. The minimum atomic E-state index is -0.0893. The molecule has 5 nitrogen and oxygen atoms in total. The van der Waals surface area contributed by atoms with E-state index in [1.165, 1.54) is 6.42 Å². The SMILES string of the molecule is COC[C@H](NCC(=O)N1C[C@@H](C)C[C@H](C)C1)c1ccco1. The van der Waals surface area contributed by atoms with E-state index in [9.17, 15) is 4.79 Å². The van der Waals surface area contributed by atoms with Crippen molar-refractivity contribution in [3.63, 3.8) is 0 Å². The monoisotopic (exact) mass is 294 g/mol. The van der Waals surface area contributed by atoms with E-state index >= 15 is 0 Å². The summed E-state index contributed by atoms with van der Waals surface area (Å²) in [6.07, 6.45) is 2.84. The van der Waals surface area contributed by atoms with Crippen LogP contribution in [0.25, 0.3) is 0 Å². The highest BCUT2D eigenvalue weighted by Crippen LogP contribution is 2.21. The molecule has 0 aromatic carbocycles. The number of piperidine rings is 1. The van der Waals surface area contributed by atoms with Crippen molar-refractivity contribution in [3.8, 4) is 0 Å². The molecule has 2 rings (SSSR count). The van der Waals surface area contributed by atoms with E-state index in [0.717, 1.165) is 18.8 Å². The van der Waals surface area contributed by atoms with Crippen LogP contribution in [0.15, 0.2) is 22.8 Å². The van der Waals surface area contributed by atoms with Crippen molar-refractivity contribution in [2.75, 3.05) is 33.4 Å². The first kappa shape index (κ1) is 16.0. The van der Waals surface area contributed by atoms with Gasteiger partial charge in [-0.15, -0.1) is 0 Å². The summed E-state index contributed by atoms with van der Waals surface area (Å²) in [5, 5.41) is 3.24. The number of carbonyl (C=O) groups excluding carboxylic acids is 1. The molecule has 1 saturated heterocycles. The van der Waals surface area contributed by atoms with Gasteiger partial charge in [0.25, 0.3) is 0 Å². The van der Waals surface area contributed by atoms with Gasteiger partial charge in [0, 0.05) is 20.2 Å². The number of ether oxygens (including phenoxy) is 1. The molecule has 0 spiro atoms. The standard InChI is InChI=1S/C16H26N2O3/c1-12-7-13(2)10-18(9-12)16(19)8-17-14(11-20-3)15-5-4-6-21-15/h4-6,12-14,17H,7-11H2,1-3H3/t12-,13-,14-/m0/s1. The van der Waals surface area contributed by atoms with Crippen molar-refractivity contribution >= 4 is 5.91 Å². The number of nitrogens with zero attached hydrogens (tertiary/aromatic N) is 1. The molecule has 1 amide bonds. The van der Waals surface area contributed by atoms with Gasteiger partial charge in [0.05, 0.1) is 25.5 Å². The van der Waals surface area contributed by atoms with E-state index in [4.69, 9.17) is 9.15 Å². The number of carbonyl (C=O) groups is 1. The van der Waals surface area contributed by atoms with Gasteiger partial charge in [-0.25, -0.2) is 0 Å². The molecule has 1 aliphatic rings. The van der Waals surface area contributed by atoms with Crippen LogP contribution in [0.4, 0.5) is 0 Å². The van der Waals surface area contributed by atoms with Crippen LogP contribution in [0, 0.1) is 11.8 Å². The smallest absolute Gasteiger partial charge is 0.236 e. The number of hydrogen-bond acceptors (Lipinski definition) is 4. The number of hydrogen-bond donors (Lipinski definition) is 1. The fraction of sp³-hybridized carbons (Fsp3) is 0.688. The number of methoxy groups -OCH3 is 1. The highest BCUT2D eigenvalue weighted by atomic mass is 16.5. The molecule has 0 unspecified atom stereocenters. The predicted molar refractivity (Wildman–Crippen MR) is 80.9 cm³/mol. The summed E-state index contributed by atoms with van der Waals surface area (Å²) in [4.78, 5) is 14.3. The fourth-order valence-electron chi connectivity index (χ4n) is 3.09. The van der Waals surface area contributed by atoms with E-state index < -0.39 is 0 Å². The molecular weight excluding hydrogens is 268 g/mol. The van der Waals surface area contributed by atoms with E-state index in [1.807, 2.05) is 17.0 Å². The van der Waals surface area contributed by atoms with Crippen molar-refractivity contribution in [1.82, 2.24) is 10.2 Å². The van der Waals surface area contributed by atoms with Crippen molar-refractivity contribution in [2.45, 2.75) is 26.3 Å². The molecule has 118 valence electrons. The maximum atomic E-state index is 12.4. The second-order valence-electron chi connectivity index (χ2n) is 6.15. The Morgan fingerprint density at radius 1 is 1.48 bits per heavy atom. The van der Waals surface area contributed by atoms with Crippen LogP contribution in [0.1, 0.15) is 32.1 Å². The van der Waals surface area contributed by atoms with Gasteiger partial charge >= 0.3 is 0 Å². The van der Waals surface area contributed by atoms with Crippen LogP contribution in [-0.4, -0.2) is 44.2 Å². The summed E-state index contributed by atoms with van der Waals surface area (Å²) >= 11 is 0. The van der Waals surface area contributed by atoms with E-state index in [1.54, 1.807) is 13.4 Å². The third kappa shape index (κ3) is 4.58. The molecule has 2 heterocycles. The van der Waals surface area contributed by atoms with Crippen molar-refractivity contribution in [1.29, 1.82) is 0 Å². The lowest BCUT2D eigenvalue weighted by atomic mass is 9.92. The van der Waals surface area contributed by atoms with Gasteiger partial charge in [-0.3, -0.25) is 10.1 Å². The molecule has 1 N–H and O–H groups in total. The summed E-state index contributed by atoms with van der Waals surface area (Å²) in [5.41, 5.74) is 0. The van der Waals surface area contributed by atoms with Crippen LogP contribution < -0.4 is 5.32 Å². The minimum absolute atomic E-state index is 0.0893. The maximum Gasteiger partial charge on any atom is 0.236 e. The summed E-state index contributed by atoms with van der Waals surface area (Å²) in [6.45, 7) is 6.93. The Morgan fingerprint density at radius 2 is 2.19 bits per heavy atom. The molecular formula is C16H26N2O3. The zero-order valence-corrected chi connectivity index (χ0v) is 13.2. The molecule has 21 heavy (non-hydrogen) atoms. The van der Waals surface area contributed by atoms with E-state index in [2.05, 4.69) is 19.2 Å². The lowest BCUT2D eigenvalue weighted by Gasteiger charge is -2.35. The van der Waals surface area contributed by atoms with Crippen LogP contribution in [0.3, 0.4) is 0 Å². The van der Waals surface area contributed by atoms with E-state index in [-0.39, 0.29) is 11.9 Å². The molecule has 0 aliphatic carbocycles. The van der Waals surface area contributed by atoms with Gasteiger partial charge in [-0.1, -0.05) is 13.8 Å². The number of likely N-dealkylation sites (tertiary alicyclic amines) is 1. The molecule has 1 aromatic heterocycles. The van der Waals surface area contributed by atoms with E-state index in [0.29, 0.717) is 25.0 Å². The maximum absolute atomic E-state index is 12.4. The Bertz CT molecular complexity index is 423. The van der Waals surface area contributed by atoms with Gasteiger partial charge in [-0.2, -0.15) is 0 Å². The summed E-state index contributed by atoms with van der Waals surface area (Å²) in [7, 11) is 1.65. The van der Waals surface area contributed by atoms with Gasteiger partial charge < -0.3 is 14.1 Å². The molecule has 0 saturated carbocycles. The Labute approximate surface area is 126 Å². The van der Waals surface area contributed by atoms with Gasteiger partial charge in [0.15, 0.2) is 0 Å². The molecule has 3 atom stereocenters. The first-order chi connectivity index (χ1) is 10.1. The predicted octanol–water partition coefficient (Wildman–Crippen LogP) is 2.06. The summed E-state index contributed by atoms with van der Waals surface area (Å²) < 4.78 is 10.6. The van der Waals surface area contributed by atoms with Crippen LogP contribution in [0.5, 0.6) is 0 Å². The van der Waals surface area contributed by atoms with Gasteiger partial charge in [0.1, 0.15) is 5.76 Å². The molecule has 1 aliphatic heterocycles. The highest BCUT2D eigenvalue weighted by molar-refractivity contribution is 5.78. The average molecular weight is 294 g/mol. The largest absolute Gasteiger partial charge is 0.468 e. The topological polar surface area (TPSA) is 54.7 Å². The summed E-state index contributed by atoms with van der Waals surface area (Å²) in [6, 6.07) is 3.65. The number of furan rings is 1. The Balaban J connectivity index is 1.87. The normalized spacial score (nSPS) is 24.0. The zero-order valence-electron chi connectivity index (χ0n) is 13.2. The van der Waals surface area contributed by atoms with Gasteiger partial charge in [-0.05, 0) is 30.4 Å². The third-order valence-corrected chi connectivity index (χ3v) is 3.94. The molecule has 1 fully saturated rings. The van der Waals surface area contributed by atoms with Crippen LogP contribution in [0.2, 0.25) is 0 Å². The lowest BCUT2D eigenvalue weighted by molar-refractivity contribution is -0.133. The number of rotatable bonds is 6. The highest BCUT2D eigenvalue weighted by Gasteiger charge is 2.26. The molecule has 0 bridgehead atoms. The van der Waals surface area contributed by atoms with Crippen molar-refractivity contribution < 1.29 is 13.9 Å². The van der Waals surface area contributed by atoms with Crippen molar-refractivity contribution in [3.05, 3.63) is 24.2 Å². The molecule has 5 heteroatoms. The van der Waals surface area contributed by atoms with Crippen LogP contribution >= 0.6 is 0 Å². The quantitative estimate of drug-likeness (QED) is 0.872. The minimum Gasteiger partial charge on any atom is -0.468 e. The zero-order chi connectivity index (χ0) is 15.2. The fourth-order valence-corrected chi connectivity index (χ4v) is 3.09. The first-order valence-electron chi connectivity index (χ1n) is 7.63. The first-order valence-corrected chi connectivity index (χ1v) is 7.63. The van der Waals surface area contributed by atoms with Gasteiger partial charge in [0.2, 0.25) is 5.91 Å². The Kier molecular flexibility index (Phi) is 5.82. The van der Waals surface area contributed by atoms with Crippen LogP contribution in [-0.2, 0) is 9.53 Å². The summed E-state index contributed by atoms with van der Waals surface area (Å²) in [5.74, 6) is 2.11. The van der Waals surface area contributed by atoms with Crippen molar-refractivity contribution in [2.24, 2.45) is 11.8 Å². The second kappa shape index (κ2) is 7.61. The molecule has 0 radical (unpaired) electrons. The Morgan fingerprint density at radius 3 is 2.76 bits per heavy atom. The number of amides is 1. The Hall–Kier alpha value is -1.33. The number of nitrogens with one attached hydrogen (secondary N) is 1. The average Bonchev–Trinajstić information content (AvgIpc) is 2.96. The lowest BCUT2D eigenvalue weighted by Crippen LogP contribution is -2.46. The third-order valence-electron chi connectivity index (χ3n) is 3.94. The molecule has 1 aromatic rings.